The lowest BCUT2D eigenvalue weighted by Gasteiger charge is -2.23. The number of azo groups is 1. The van der Waals surface area contributed by atoms with E-state index in [0.29, 0.717) is 18.8 Å². The lowest BCUT2D eigenvalue weighted by molar-refractivity contribution is 0.601. The van der Waals surface area contributed by atoms with Crippen molar-refractivity contribution in [2.75, 3.05) is 22.7 Å². The zero-order chi connectivity index (χ0) is 28.4. The highest BCUT2D eigenvalue weighted by atomic mass is 32.2. The monoisotopic (exact) mass is 538 g/mol. The molecule has 0 aliphatic heterocycles. The van der Waals surface area contributed by atoms with Gasteiger partial charge in [0.15, 0.2) is 11.4 Å². The number of anilines is 2. The number of rotatable bonds is 13. The van der Waals surface area contributed by atoms with Gasteiger partial charge in [-0.1, -0.05) is 43.0 Å². The van der Waals surface area contributed by atoms with Crippen LogP contribution < -0.4 is 9.62 Å². The second-order valence-electron chi connectivity index (χ2n) is 7.99. The number of imidazole rings is 1. The van der Waals surface area contributed by atoms with E-state index in [1.807, 2.05) is 17.0 Å². The van der Waals surface area contributed by atoms with Crippen LogP contribution in [0.25, 0.3) is 6.08 Å². The zero-order valence-corrected chi connectivity index (χ0v) is 22.0. The Labute approximate surface area is 227 Å². The van der Waals surface area contributed by atoms with E-state index in [0.717, 1.165) is 5.56 Å². The largest absolute Gasteiger partial charge is 0.364 e. The Morgan fingerprint density at radius 2 is 1.67 bits per heavy atom. The third-order valence-corrected chi connectivity index (χ3v) is 6.81. The van der Waals surface area contributed by atoms with Crippen LogP contribution in [0.2, 0.25) is 0 Å². The normalized spacial score (nSPS) is 10.8. The highest BCUT2D eigenvalue weighted by Gasteiger charge is 2.19. The first-order valence-electron chi connectivity index (χ1n) is 11.6. The van der Waals surface area contributed by atoms with Gasteiger partial charge in [-0.15, -0.1) is 30.0 Å². The summed E-state index contributed by atoms with van der Waals surface area (Å²) >= 11 is 0. The lowest BCUT2D eigenvalue weighted by Crippen LogP contribution is -2.23. The minimum absolute atomic E-state index is 0.000777. The van der Waals surface area contributed by atoms with E-state index in [9.17, 15) is 18.9 Å². The Kier molecular flexibility index (Phi) is 9.30. The molecule has 10 nitrogen and oxygen atoms in total. The molecule has 39 heavy (non-hydrogen) atoms. The summed E-state index contributed by atoms with van der Waals surface area (Å²) in [6.45, 7) is 16.1. The van der Waals surface area contributed by atoms with Crippen molar-refractivity contribution in [3.8, 4) is 12.1 Å². The van der Waals surface area contributed by atoms with Gasteiger partial charge >= 0.3 is 0 Å². The number of nitriles is 2. The minimum atomic E-state index is -4.00. The molecular weight excluding hydrogens is 512 g/mol. The van der Waals surface area contributed by atoms with Gasteiger partial charge < -0.3 is 4.90 Å². The molecule has 0 saturated carbocycles. The Morgan fingerprint density at radius 3 is 2.23 bits per heavy atom. The molecule has 0 aliphatic rings. The van der Waals surface area contributed by atoms with Gasteiger partial charge in [0.25, 0.3) is 16.0 Å². The van der Waals surface area contributed by atoms with Crippen molar-refractivity contribution in [2.45, 2.75) is 11.4 Å². The maximum absolute atomic E-state index is 13.3. The average molecular weight is 539 g/mol. The maximum atomic E-state index is 13.3. The van der Waals surface area contributed by atoms with Crippen LogP contribution in [0.3, 0.4) is 0 Å². The van der Waals surface area contributed by atoms with Gasteiger partial charge in [0, 0.05) is 25.3 Å². The summed E-state index contributed by atoms with van der Waals surface area (Å²) in [5, 5.41) is 27.2. The standard InChI is InChI=1S/C28H26N8O2S/c1-5-15-35(16-6-2)22-11-14-24(32-33-28-31-26(19-29)27(20-30)36(28)17-7-3)25(18-22)34-39(37,38)23-12-9-21(8-4)10-13-23/h5-14,18,34H,1-4,15-17H2. The fraction of sp³-hybridized carbons (Fsp3) is 0.107. The van der Waals surface area contributed by atoms with E-state index in [1.54, 1.807) is 48.6 Å². The third kappa shape index (κ3) is 6.55. The first-order valence-corrected chi connectivity index (χ1v) is 13.1. The molecule has 2 aromatic carbocycles. The number of hydrogen-bond donors (Lipinski definition) is 1. The summed E-state index contributed by atoms with van der Waals surface area (Å²) in [6, 6.07) is 15.1. The molecule has 3 aromatic rings. The molecule has 1 aromatic heterocycles. The van der Waals surface area contributed by atoms with E-state index in [4.69, 9.17) is 0 Å². The smallest absolute Gasteiger partial charge is 0.261 e. The molecule has 0 fully saturated rings. The van der Waals surface area contributed by atoms with E-state index >= 15 is 0 Å². The summed E-state index contributed by atoms with van der Waals surface area (Å²) in [5.74, 6) is 0.000777. The molecule has 0 radical (unpaired) electrons. The SMILES string of the molecule is C=CCN(CC=C)c1ccc(N=Nc2nc(C#N)c(C#N)n2CC=C)c(NS(=O)(=O)c2ccc(C=C)cc2)c1. The molecule has 3 rings (SSSR count). The Morgan fingerprint density at radius 1 is 0.974 bits per heavy atom. The molecule has 0 spiro atoms. The molecule has 0 bridgehead atoms. The van der Waals surface area contributed by atoms with Crippen LogP contribution in [0.4, 0.5) is 23.0 Å². The first-order chi connectivity index (χ1) is 18.8. The van der Waals surface area contributed by atoms with Gasteiger partial charge in [-0.3, -0.25) is 9.29 Å². The molecule has 0 amide bonds. The topological polar surface area (TPSA) is 140 Å². The fourth-order valence-corrected chi connectivity index (χ4v) is 4.65. The summed E-state index contributed by atoms with van der Waals surface area (Å²) in [5.41, 5.74) is 1.74. The summed E-state index contributed by atoms with van der Waals surface area (Å²) in [4.78, 5) is 6.08. The van der Waals surface area contributed by atoms with Gasteiger partial charge in [-0.05, 0) is 35.9 Å². The van der Waals surface area contributed by atoms with Gasteiger partial charge in [0.05, 0.1) is 10.6 Å². The van der Waals surface area contributed by atoms with Crippen LogP contribution in [0.1, 0.15) is 17.0 Å². The Balaban J connectivity index is 2.12. The second-order valence-corrected chi connectivity index (χ2v) is 9.68. The predicted molar refractivity (Wildman–Crippen MR) is 152 cm³/mol. The number of sulfonamides is 1. The fourth-order valence-electron chi connectivity index (χ4n) is 3.58. The van der Waals surface area contributed by atoms with Crippen LogP contribution in [0.15, 0.2) is 102 Å². The third-order valence-electron chi connectivity index (χ3n) is 5.43. The van der Waals surface area contributed by atoms with Crippen molar-refractivity contribution >= 4 is 39.1 Å². The van der Waals surface area contributed by atoms with Crippen molar-refractivity contribution in [2.24, 2.45) is 10.2 Å². The average Bonchev–Trinajstić information content (AvgIpc) is 3.28. The van der Waals surface area contributed by atoms with Crippen LogP contribution in [-0.2, 0) is 16.6 Å². The summed E-state index contributed by atoms with van der Waals surface area (Å²) in [6.07, 6.45) is 6.59. The van der Waals surface area contributed by atoms with Crippen LogP contribution in [0.5, 0.6) is 0 Å². The van der Waals surface area contributed by atoms with Gasteiger partial charge in [-0.25, -0.2) is 8.42 Å². The molecule has 0 saturated heterocycles. The molecule has 0 aliphatic carbocycles. The molecule has 1 heterocycles. The quantitative estimate of drug-likeness (QED) is 0.214. The summed E-state index contributed by atoms with van der Waals surface area (Å²) in [7, 11) is -4.00. The number of nitrogens with zero attached hydrogens (tertiary/aromatic N) is 7. The highest BCUT2D eigenvalue weighted by molar-refractivity contribution is 7.92. The Hall–Kier alpha value is -5.26. The van der Waals surface area contributed by atoms with Crippen molar-refractivity contribution in [3.05, 3.63) is 104 Å². The van der Waals surface area contributed by atoms with Gasteiger partial charge in [0.1, 0.15) is 17.8 Å². The summed E-state index contributed by atoms with van der Waals surface area (Å²) < 4.78 is 30.5. The molecule has 196 valence electrons. The molecule has 0 atom stereocenters. The van der Waals surface area contributed by atoms with Crippen molar-refractivity contribution in [1.29, 1.82) is 10.5 Å². The number of hydrogen-bond acceptors (Lipinski definition) is 8. The van der Waals surface area contributed by atoms with Crippen molar-refractivity contribution in [3.63, 3.8) is 0 Å². The highest BCUT2D eigenvalue weighted by Crippen LogP contribution is 2.33. The maximum Gasteiger partial charge on any atom is 0.261 e. The van der Waals surface area contributed by atoms with Crippen molar-refractivity contribution < 1.29 is 8.42 Å². The minimum Gasteiger partial charge on any atom is -0.364 e. The number of allylic oxidation sites excluding steroid dienone is 1. The molecular formula is C28H26N8O2S. The number of benzene rings is 2. The molecule has 0 unspecified atom stereocenters. The second kappa shape index (κ2) is 12.8. The number of nitrogens with one attached hydrogen (secondary N) is 1. The van der Waals surface area contributed by atoms with E-state index in [1.165, 1.54) is 22.8 Å². The van der Waals surface area contributed by atoms with Crippen molar-refractivity contribution in [1.82, 2.24) is 9.55 Å². The van der Waals surface area contributed by atoms with Crippen LogP contribution in [0, 0.1) is 22.7 Å². The number of aromatic nitrogens is 2. The Bertz CT molecular complexity index is 1610. The van der Waals surface area contributed by atoms with Crippen LogP contribution >= 0.6 is 0 Å². The lowest BCUT2D eigenvalue weighted by atomic mass is 10.2. The predicted octanol–water partition coefficient (Wildman–Crippen LogP) is 5.85. The molecule has 11 heteroatoms. The van der Waals surface area contributed by atoms with Gasteiger partial charge in [0.2, 0.25) is 0 Å². The van der Waals surface area contributed by atoms with E-state index in [2.05, 4.69) is 46.3 Å². The molecule has 1 N–H and O–H groups in total. The van der Waals surface area contributed by atoms with E-state index < -0.39 is 10.0 Å². The van der Waals surface area contributed by atoms with Crippen LogP contribution in [-0.4, -0.2) is 31.1 Å². The zero-order valence-electron chi connectivity index (χ0n) is 21.2. The van der Waals surface area contributed by atoms with E-state index in [-0.39, 0.29) is 40.2 Å². The first kappa shape index (κ1) is 28.3. The van der Waals surface area contributed by atoms with Gasteiger partial charge in [-0.2, -0.15) is 15.5 Å².